The van der Waals surface area contributed by atoms with Gasteiger partial charge < -0.3 is 4.57 Å². The molecule has 0 bridgehead atoms. The summed E-state index contributed by atoms with van der Waals surface area (Å²) >= 11 is 12.3. The molecule has 0 saturated carbocycles. The fourth-order valence-electron chi connectivity index (χ4n) is 2.21. The lowest BCUT2D eigenvalue weighted by atomic mass is 10.1. The van der Waals surface area contributed by atoms with Crippen molar-refractivity contribution in [2.75, 3.05) is 0 Å². The van der Waals surface area contributed by atoms with Crippen molar-refractivity contribution in [3.63, 3.8) is 0 Å². The van der Waals surface area contributed by atoms with Gasteiger partial charge >= 0.3 is 0 Å². The molecule has 1 aromatic heterocycles. The van der Waals surface area contributed by atoms with E-state index < -0.39 is 0 Å². The van der Waals surface area contributed by atoms with E-state index in [0.29, 0.717) is 10.0 Å². The molecule has 0 aliphatic heterocycles. The molecular weight excluding hydrogens is 305 g/mol. The number of halogens is 2. The van der Waals surface area contributed by atoms with E-state index in [4.69, 9.17) is 33.7 Å². The second-order valence-electron chi connectivity index (χ2n) is 4.54. The fourth-order valence-corrected chi connectivity index (χ4v) is 2.58. The summed E-state index contributed by atoms with van der Waals surface area (Å²) in [6.45, 7) is 3.84. The van der Waals surface area contributed by atoms with Crippen LogP contribution in [0.1, 0.15) is 17.0 Å². The van der Waals surface area contributed by atoms with Crippen LogP contribution in [0.3, 0.4) is 0 Å². The van der Waals surface area contributed by atoms with Gasteiger partial charge in [0.25, 0.3) is 0 Å². The lowest BCUT2D eigenvalue weighted by Gasteiger charge is -2.12. The number of aryl methyl sites for hydroxylation is 1. The predicted molar refractivity (Wildman–Crippen MR) is 84.5 cm³/mol. The Morgan fingerprint density at radius 1 is 1.14 bits per heavy atom. The zero-order valence-corrected chi connectivity index (χ0v) is 13.0. The molecule has 0 fully saturated rings. The maximum absolute atomic E-state index is 8.87. The second kappa shape index (κ2) is 6.06. The minimum atomic E-state index is 0.0624. The molecule has 5 heteroatoms. The van der Waals surface area contributed by atoms with Crippen molar-refractivity contribution in [1.82, 2.24) is 4.57 Å². The maximum Gasteiger partial charge on any atom is 0.130 e. The molecule has 0 atom stereocenters. The molecule has 1 heterocycles. The van der Waals surface area contributed by atoms with Crippen molar-refractivity contribution in [3.8, 4) is 17.8 Å². The van der Waals surface area contributed by atoms with Crippen molar-refractivity contribution < 1.29 is 0 Å². The summed E-state index contributed by atoms with van der Waals surface area (Å²) < 4.78 is 1.95. The van der Waals surface area contributed by atoms with E-state index in [1.54, 1.807) is 24.3 Å². The van der Waals surface area contributed by atoms with Crippen LogP contribution in [0.2, 0.25) is 10.0 Å². The zero-order valence-electron chi connectivity index (χ0n) is 11.5. The van der Waals surface area contributed by atoms with Crippen LogP contribution in [0.15, 0.2) is 29.8 Å². The number of aromatic nitrogens is 1. The molecule has 2 aromatic rings. The fraction of sp³-hybridized carbons (Fsp3) is 0.125. The highest BCUT2D eigenvalue weighted by atomic mass is 35.5. The first-order valence-electron chi connectivity index (χ1n) is 6.14. The molecule has 21 heavy (non-hydrogen) atoms. The number of benzene rings is 1. The third-order valence-electron chi connectivity index (χ3n) is 3.16. The topological polar surface area (TPSA) is 52.5 Å². The average Bonchev–Trinajstić information content (AvgIpc) is 2.73. The Bertz CT molecular complexity index is 801. The standard InChI is InChI=1S/C16H11Cl2N3/c1-10-5-13(6-12(8-19)9-20)11(2)21(10)16-7-14(17)3-4-15(16)18/h3-7H,1-2H3. The van der Waals surface area contributed by atoms with Crippen LogP contribution in [0.5, 0.6) is 0 Å². The Kier molecular flexibility index (Phi) is 4.38. The van der Waals surface area contributed by atoms with Crippen LogP contribution in [-0.2, 0) is 0 Å². The Morgan fingerprint density at radius 3 is 2.43 bits per heavy atom. The van der Waals surface area contributed by atoms with E-state index in [2.05, 4.69) is 0 Å². The SMILES string of the molecule is Cc1cc(C=C(C#N)C#N)c(C)n1-c1cc(Cl)ccc1Cl. The van der Waals surface area contributed by atoms with Crippen molar-refractivity contribution in [1.29, 1.82) is 10.5 Å². The summed E-state index contributed by atoms with van der Waals surface area (Å²) in [5, 5.41) is 18.9. The van der Waals surface area contributed by atoms with E-state index in [1.807, 2.05) is 36.6 Å². The van der Waals surface area contributed by atoms with Gasteiger partial charge in [0.2, 0.25) is 0 Å². The third kappa shape index (κ3) is 2.95. The lowest BCUT2D eigenvalue weighted by molar-refractivity contribution is 0.965. The molecule has 3 nitrogen and oxygen atoms in total. The molecule has 1 aromatic carbocycles. The predicted octanol–water partition coefficient (Wildman–Crippen LogP) is 4.83. The quantitative estimate of drug-likeness (QED) is 0.745. The van der Waals surface area contributed by atoms with Crippen LogP contribution < -0.4 is 0 Å². The molecule has 0 saturated heterocycles. The smallest absolute Gasteiger partial charge is 0.130 e. The summed E-state index contributed by atoms with van der Waals surface area (Å²) in [4.78, 5) is 0. The van der Waals surface area contributed by atoms with Crippen molar-refractivity contribution in [3.05, 3.63) is 56.8 Å². The van der Waals surface area contributed by atoms with Gasteiger partial charge in [-0.25, -0.2) is 0 Å². The summed E-state index contributed by atoms with van der Waals surface area (Å²) in [5.41, 5.74) is 3.47. The largest absolute Gasteiger partial charge is 0.316 e. The molecule has 0 aliphatic carbocycles. The number of allylic oxidation sites excluding steroid dienone is 1. The van der Waals surface area contributed by atoms with Crippen LogP contribution in [0.4, 0.5) is 0 Å². The summed E-state index contributed by atoms with van der Waals surface area (Å²) in [7, 11) is 0. The molecule has 104 valence electrons. The lowest BCUT2D eigenvalue weighted by Crippen LogP contribution is -2.00. The van der Waals surface area contributed by atoms with E-state index in [1.165, 1.54) is 0 Å². The molecule has 0 spiro atoms. The molecule has 0 amide bonds. The van der Waals surface area contributed by atoms with Crippen LogP contribution in [0, 0.1) is 36.5 Å². The van der Waals surface area contributed by atoms with E-state index in [-0.39, 0.29) is 5.57 Å². The first kappa shape index (κ1) is 15.2. The van der Waals surface area contributed by atoms with Gasteiger partial charge in [-0.3, -0.25) is 0 Å². The molecule has 0 aliphatic rings. The maximum atomic E-state index is 8.87. The number of rotatable bonds is 2. The first-order valence-corrected chi connectivity index (χ1v) is 6.89. The van der Waals surface area contributed by atoms with Crippen molar-refractivity contribution >= 4 is 29.3 Å². The van der Waals surface area contributed by atoms with E-state index >= 15 is 0 Å². The van der Waals surface area contributed by atoms with E-state index in [9.17, 15) is 0 Å². The normalized spacial score (nSPS) is 9.81. The minimum absolute atomic E-state index is 0.0624. The average molecular weight is 316 g/mol. The van der Waals surface area contributed by atoms with Crippen LogP contribution in [-0.4, -0.2) is 4.57 Å². The van der Waals surface area contributed by atoms with Gasteiger partial charge in [0, 0.05) is 16.4 Å². The Hall–Kier alpha value is -2.20. The van der Waals surface area contributed by atoms with Gasteiger partial charge in [0.05, 0.1) is 10.7 Å². The van der Waals surface area contributed by atoms with Crippen LogP contribution in [0.25, 0.3) is 11.8 Å². The van der Waals surface area contributed by atoms with Gasteiger partial charge in [-0.05, 0) is 49.8 Å². The molecule has 0 radical (unpaired) electrons. The molecular formula is C16H11Cl2N3. The highest BCUT2D eigenvalue weighted by Crippen LogP contribution is 2.29. The van der Waals surface area contributed by atoms with Gasteiger partial charge in [-0.15, -0.1) is 0 Å². The monoisotopic (exact) mass is 315 g/mol. The summed E-state index contributed by atoms with van der Waals surface area (Å²) in [5.74, 6) is 0. The minimum Gasteiger partial charge on any atom is -0.316 e. The van der Waals surface area contributed by atoms with Gasteiger partial charge in [-0.2, -0.15) is 10.5 Å². The van der Waals surface area contributed by atoms with Gasteiger partial charge in [0.1, 0.15) is 17.7 Å². The van der Waals surface area contributed by atoms with Crippen molar-refractivity contribution in [2.24, 2.45) is 0 Å². The second-order valence-corrected chi connectivity index (χ2v) is 5.38. The van der Waals surface area contributed by atoms with Crippen LogP contribution >= 0.6 is 23.2 Å². The summed E-state index contributed by atoms with van der Waals surface area (Å²) in [6, 6.07) is 10.9. The molecule has 2 rings (SSSR count). The third-order valence-corrected chi connectivity index (χ3v) is 3.71. The number of nitrogens with zero attached hydrogens (tertiary/aromatic N) is 3. The number of hydrogen-bond acceptors (Lipinski definition) is 2. The first-order chi connectivity index (χ1) is 9.97. The van der Waals surface area contributed by atoms with E-state index in [0.717, 1.165) is 22.6 Å². The Morgan fingerprint density at radius 2 is 1.81 bits per heavy atom. The number of nitriles is 2. The highest BCUT2D eigenvalue weighted by molar-refractivity contribution is 6.34. The number of hydrogen-bond donors (Lipinski definition) is 0. The van der Waals surface area contributed by atoms with Gasteiger partial charge in [-0.1, -0.05) is 23.2 Å². The van der Waals surface area contributed by atoms with Gasteiger partial charge in [0.15, 0.2) is 0 Å². The van der Waals surface area contributed by atoms with Crippen molar-refractivity contribution in [2.45, 2.75) is 13.8 Å². The zero-order chi connectivity index (χ0) is 15.6. The molecule has 0 unspecified atom stereocenters. The Balaban J connectivity index is 2.66. The highest BCUT2D eigenvalue weighted by Gasteiger charge is 2.13. The Labute approximate surface area is 133 Å². The molecule has 0 N–H and O–H groups in total. The summed E-state index contributed by atoms with van der Waals surface area (Å²) in [6.07, 6.45) is 1.57.